The Morgan fingerprint density at radius 1 is 0.812 bits per heavy atom. The second-order valence-electron chi connectivity index (χ2n) is 13.3. The van der Waals surface area contributed by atoms with E-state index in [9.17, 15) is 23.3 Å². The first-order chi connectivity index (χ1) is 23.0. The number of hydrogen-bond acceptors (Lipinski definition) is 8. The summed E-state index contributed by atoms with van der Waals surface area (Å²) in [4.78, 5) is 30.7. The van der Waals surface area contributed by atoms with Gasteiger partial charge in [0.25, 0.3) is 21.6 Å². The third-order valence-corrected chi connectivity index (χ3v) is 10.8. The molecule has 6 rings (SSSR count). The molecule has 10 nitrogen and oxygen atoms in total. The molecule has 0 aromatic heterocycles. The Morgan fingerprint density at radius 2 is 1.46 bits per heavy atom. The van der Waals surface area contributed by atoms with E-state index >= 15 is 0 Å². The number of piperazine rings is 1. The zero-order valence-corrected chi connectivity index (χ0v) is 28.2. The van der Waals surface area contributed by atoms with Crippen LogP contribution in [0.1, 0.15) is 42.6 Å². The van der Waals surface area contributed by atoms with Crippen molar-refractivity contribution in [2.45, 2.75) is 38.1 Å². The Hall–Kier alpha value is -4.74. The van der Waals surface area contributed by atoms with Crippen LogP contribution < -0.4 is 14.5 Å². The lowest BCUT2D eigenvalue weighted by molar-refractivity contribution is -0.384. The highest BCUT2D eigenvalue weighted by Crippen LogP contribution is 2.37. The molecule has 0 saturated carbocycles. The summed E-state index contributed by atoms with van der Waals surface area (Å²) in [7, 11) is -4.35. The molecule has 0 unspecified atom stereocenters. The number of rotatable bonds is 9. The van der Waals surface area contributed by atoms with Gasteiger partial charge in [0.1, 0.15) is 5.69 Å². The van der Waals surface area contributed by atoms with Crippen molar-refractivity contribution in [3.8, 4) is 11.1 Å². The molecule has 1 amide bonds. The Morgan fingerprint density at radius 3 is 2.12 bits per heavy atom. The van der Waals surface area contributed by atoms with Gasteiger partial charge in [0.05, 0.1) is 9.82 Å². The molecule has 2 saturated heterocycles. The largest absolute Gasteiger partial charge is 0.369 e. The molecule has 48 heavy (non-hydrogen) atoms. The molecule has 0 radical (unpaired) electrons. The molecular formula is C37H41N5O5S. The van der Waals surface area contributed by atoms with E-state index in [0.717, 1.165) is 57.3 Å². The van der Waals surface area contributed by atoms with Crippen molar-refractivity contribution in [2.24, 2.45) is 5.41 Å². The van der Waals surface area contributed by atoms with E-state index in [1.165, 1.54) is 28.8 Å². The van der Waals surface area contributed by atoms with Crippen molar-refractivity contribution in [1.82, 2.24) is 9.62 Å². The maximum absolute atomic E-state index is 13.2. The highest BCUT2D eigenvalue weighted by atomic mass is 32.2. The normalized spacial score (nSPS) is 16.8. The number of hydrogen-bond donors (Lipinski definition) is 1. The summed E-state index contributed by atoms with van der Waals surface area (Å²) in [6.07, 6.45) is 1.75. The van der Waals surface area contributed by atoms with Gasteiger partial charge in [-0.2, -0.15) is 0 Å². The number of carbonyl (C=O) groups is 1. The highest BCUT2D eigenvalue weighted by Gasteiger charge is 2.31. The van der Waals surface area contributed by atoms with Crippen LogP contribution in [0.15, 0.2) is 102 Å². The van der Waals surface area contributed by atoms with Crippen LogP contribution >= 0.6 is 0 Å². The van der Waals surface area contributed by atoms with E-state index in [1.54, 1.807) is 12.1 Å². The van der Waals surface area contributed by atoms with Crippen LogP contribution in [-0.2, 0) is 16.6 Å². The topological polar surface area (TPSA) is 116 Å². The standard InChI is InChI=1S/C37H41N5O5S/c1-37(2)18-20-41(21-19-37)34-17-16-32(26-35(34)42(44)45)48(46,47)38-36(43)29-12-14-31(15-13-29)40-24-22-39(23-25-40)27-30-10-6-7-11-33(30)28-8-4-3-5-9-28/h3-17,26H,18-25,27H2,1-2H3,(H,38,43). The van der Waals surface area contributed by atoms with Crippen LogP contribution in [-0.4, -0.2) is 63.4 Å². The fraction of sp³-hybridized carbons (Fsp3) is 0.324. The van der Waals surface area contributed by atoms with Crippen LogP contribution in [0.2, 0.25) is 0 Å². The SMILES string of the molecule is CC1(C)CCN(c2ccc(S(=O)(=O)NC(=O)c3ccc(N4CCN(Cc5ccccc5-c5ccccc5)CC4)cc3)cc2[N+](=O)[O-])CC1. The first kappa shape index (κ1) is 33.2. The smallest absolute Gasteiger partial charge is 0.293 e. The number of anilines is 2. The van der Waals surface area contributed by atoms with Crippen molar-refractivity contribution in [2.75, 3.05) is 49.1 Å². The maximum atomic E-state index is 13.2. The van der Waals surface area contributed by atoms with Gasteiger partial charge < -0.3 is 9.80 Å². The molecule has 4 aromatic rings. The number of nitro groups is 1. The predicted molar refractivity (Wildman–Crippen MR) is 189 cm³/mol. The summed E-state index contributed by atoms with van der Waals surface area (Å²) in [5, 5.41) is 11.9. The minimum Gasteiger partial charge on any atom is -0.369 e. The third-order valence-electron chi connectivity index (χ3n) is 9.50. The Labute approximate surface area is 282 Å². The molecule has 0 atom stereocenters. The number of carbonyl (C=O) groups excluding carboxylic acids is 1. The lowest BCUT2D eigenvalue weighted by Crippen LogP contribution is -2.46. The monoisotopic (exact) mass is 667 g/mol. The Balaban J connectivity index is 1.06. The summed E-state index contributed by atoms with van der Waals surface area (Å²) in [6, 6.07) is 29.6. The Bertz CT molecular complexity index is 1880. The van der Waals surface area contributed by atoms with Gasteiger partial charge in [0.15, 0.2) is 0 Å². The zero-order chi connectivity index (χ0) is 33.9. The molecule has 4 aromatic carbocycles. The number of sulfonamides is 1. The number of nitrogens with one attached hydrogen (secondary N) is 1. The van der Waals surface area contributed by atoms with E-state index in [2.05, 4.69) is 76.9 Å². The van der Waals surface area contributed by atoms with Crippen LogP contribution in [0.3, 0.4) is 0 Å². The first-order valence-corrected chi connectivity index (χ1v) is 17.8. The quantitative estimate of drug-likeness (QED) is 0.163. The highest BCUT2D eigenvalue weighted by molar-refractivity contribution is 7.90. The van der Waals surface area contributed by atoms with Gasteiger partial charge in [0, 0.05) is 63.1 Å². The molecule has 11 heteroatoms. The van der Waals surface area contributed by atoms with Crippen molar-refractivity contribution < 1.29 is 18.1 Å². The number of nitrogens with zero attached hydrogens (tertiary/aromatic N) is 4. The third kappa shape index (κ3) is 7.53. The van der Waals surface area contributed by atoms with Gasteiger partial charge in [-0.05, 0) is 71.3 Å². The van der Waals surface area contributed by atoms with E-state index in [0.29, 0.717) is 18.8 Å². The van der Waals surface area contributed by atoms with Gasteiger partial charge in [-0.25, -0.2) is 13.1 Å². The number of piperidine rings is 1. The van der Waals surface area contributed by atoms with Gasteiger partial charge in [-0.15, -0.1) is 0 Å². The summed E-state index contributed by atoms with van der Waals surface area (Å²) >= 11 is 0. The average Bonchev–Trinajstić information content (AvgIpc) is 3.09. The number of amides is 1. The Kier molecular flexibility index (Phi) is 9.52. The van der Waals surface area contributed by atoms with Crippen molar-refractivity contribution in [3.63, 3.8) is 0 Å². The van der Waals surface area contributed by atoms with Crippen LogP contribution in [0.5, 0.6) is 0 Å². The van der Waals surface area contributed by atoms with Crippen molar-refractivity contribution in [1.29, 1.82) is 0 Å². The fourth-order valence-corrected chi connectivity index (χ4v) is 7.46. The summed E-state index contributed by atoms with van der Waals surface area (Å²) < 4.78 is 28.4. The van der Waals surface area contributed by atoms with Crippen LogP contribution in [0, 0.1) is 15.5 Å². The molecule has 250 valence electrons. The molecule has 2 fully saturated rings. The molecule has 2 aliphatic rings. The number of benzene rings is 4. The molecule has 1 N–H and O–H groups in total. The maximum Gasteiger partial charge on any atom is 0.293 e. The molecular weight excluding hydrogens is 627 g/mol. The van der Waals surface area contributed by atoms with E-state index in [1.807, 2.05) is 23.1 Å². The minimum atomic E-state index is -4.35. The predicted octanol–water partition coefficient (Wildman–Crippen LogP) is 6.33. The van der Waals surface area contributed by atoms with E-state index in [-0.39, 0.29) is 21.6 Å². The lowest BCUT2D eigenvalue weighted by Gasteiger charge is -2.37. The van der Waals surface area contributed by atoms with Gasteiger partial charge >= 0.3 is 0 Å². The summed E-state index contributed by atoms with van der Waals surface area (Å²) in [5.74, 6) is -0.798. The molecule has 0 bridgehead atoms. The molecule has 0 spiro atoms. The second kappa shape index (κ2) is 13.8. The second-order valence-corrected chi connectivity index (χ2v) is 15.0. The first-order valence-electron chi connectivity index (χ1n) is 16.3. The van der Waals surface area contributed by atoms with E-state index < -0.39 is 20.9 Å². The molecule has 2 aliphatic heterocycles. The molecule has 0 aliphatic carbocycles. The fourth-order valence-electron chi connectivity index (χ4n) is 6.46. The summed E-state index contributed by atoms with van der Waals surface area (Å²) in [6.45, 7) is 9.87. The zero-order valence-electron chi connectivity index (χ0n) is 27.3. The summed E-state index contributed by atoms with van der Waals surface area (Å²) in [5.41, 5.74) is 5.12. The van der Waals surface area contributed by atoms with E-state index in [4.69, 9.17) is 0 Å². The van der Waals surface area contributed by atoms with Crippen LogP contribution in [0.25, 0.3) is 11.1 Å². The van der Waals surface area contributed by atoms with Gasteiger partial charge in [-0.3, -0.25) is 19.8 Å². The molecule has 2 heterocycles. The minimum absolute atomic E-state index is 0.155. The average molecular weight is 668 g/mol. The number of nitro benzene ring substituents is 1. The van der Waals surface area contributed by atoms with Crippen molar-refractivity contribution in [3.05, 3.63) is 118 Å². The van der Waals surface area contributed by atoms with Gasteiger partial charge in [-0.1, -0.05) is 68.4 Å². The van der Waals surface area contributed by atoms with Crippen molar-refractivity contribution >= 4 is 33.0 Å². The lowest BCUT2D eigenvalue weighted by atomic mass is 9.82. The van der Waals surface area contributed by atoms with Gasteiger partial charge in [0.2, 0.25) is 0 Å². The van der Waals surface area contributed by atoms with Crippen LogP contribution in [0.4, 0.5) is 17.1 Å².